The van der Waals surface area contributed by atoms with Gasteiger partial charge in [0.1, 0.15) is 0 Å². The Hall–Kier alpha value is -1.61. The normalized spacial score (nSPS) is 12.6. The molecule has 3 nitrogen and oxygen atoms in total. The van der Waals surface area contributed by atoms with Crippen molar-refractivity contribution in [2.45, 2.75) is 18.9 Å². The molecule has 2 aromatic heterocycles. The molecule has 0 aliphatic carbocycles. The van der Waals surface area contributed by atoms with E-state index in [0.717, 1.165) is 18.4 Å². The summed E-state index contributed by atoms with van der Waals surface area (Å²) in [5.74, 6) is 0. The molecular weight excluding hydrogens is 188 g/mol. The van der Waals surface area contributed by atoms with Crippen LogP contribution in [0.3, 0.4) is 0 Å². The Morgan fingerprint density at radius 2 is 2.13 bits per heavy atom. The molecule has 0 aliphatic heterocycles. The minimum absolute atomic E-state index is 0.117. The molecule has 0 amide bonds. The molecule has 0 aromatic carbocycles. The van der Waals surface area contributed by atoms with E-state index >= 15 is 0 Å². The minimum Gasteiger partial charge on any atom is -0.472 e. The topological polar surface area (TPSA) is 52.0 Å². The van der Waals surface area contributed by atoms with Crippen molar-refractivity contribution in [3.63, 3.8) is 0 Å². The van der Waals surface area contributed by atoms with Crippen LogP contribution in [0.2, 0.25) is 0 Å². The highest BCUT2D eigenvalue weighted by Gasteiger charge is 2.06. The summed E-state index contributed by atoms with van der Waals surface area (Å²) in [5, 5.41) is 0. The van der Waals surface area contributed by atoms with E-state index in [2.05, 4.69) is 4.98 Å². The molecule has 2 rings (SSSR count). The van der Waals surface area contributed by atoms with Crippen molar-refractivity contribution in [1.29, 1.82) is 0 Å². The summed E-state index contributed by atoms with van der Waals surface area (Å²) in [5.41, 5.74) is 8.35. The highest BCUT2D eigenvalue weighted by Crippen LogP contribution is 2.07. The number of pyridine rings is 1. The molecule has 2 heterocycles. The maximum Gasteiger partial charge on any atom is 0.0935 e. The minimum atomic E-state index is 0.117. The Balaban J connectivity index is 1.90. The fourth-order valence-corrected chi connectivity index (χ4v) is 1.61. The van der Waals surface area contributed by atoms with Crippen molar-refractivity contribution in [3.05, 3.63) is 54.2 Å². The molecule has 2 N–H and O–H groups in total. The second kappa shape index (κ2) is 4.75. The van der Waals surface area contributed by atoms with Crippen molar-refractivity contribution in [1.82, 2.24) is 4.98 Å². The highest BCUT2D eigenvalue weighted by molar-refractivity contribution is 5.13. The molecule has 0 fully saturated rings. The first-order valence-electron chi connectivity index (χ1n) is 5.00. The molecule has 3 heteroatoms. The lowest BCUT2D eigenvalue weighted by atomic mass is 10.0. The molecule has 0 saturated carbocycles. The molecule has 2 aromatic rings. The molecule has 0 aliphatic rings. The number of furan rings is 1. The van der Waals surface area contributed by atoms with Gasteiger partial charge in [-0.05, 0) is 36.1 Å². The Labute approximate surface area is 88.9 Å². The van der Waals surface area contributed by atoms with Gasteiger partial charge in [0.05, 0.1) is 12.5 Å². The number of nitrogens with two attached hydrogens (primary N) is 1. The highest BCUT2D eigenvalue weighted by atomic mass is 16.3. The lowest BCUT2D eigenvalue weighted by Gasteiger charge is -2.09. The fraction of sp³-hybridized carbons (Fsp3) is 0.250. The third kappa shape index (κ3) is 2.92. The van der Waals surface area contributed by atoms with Gasteiger partial charge >= 0.3 is 0 Å². The number of hydrogen-bond acceptors (Lipinski definition) is 3. The van der Waals surface area contributed by atoms with Gasteiger partial charge in [0, 0.05) is 18.4 Å². The van der Waals surface area contributed by atoms with Gasteiger partial charge in [0.25, 0.3) is 0 Å². The van der Waals surface area contributed by atoms with Crippen LogP contribution in [0.1, 0.15) is 11.1 Å². The van der Waals surface area contributed by atoms with E-state index in [-0.39, 0.29) is 6.04 Å². The summed E-state index contributed by atoms with van der Waals surface area (Å²) in [7, 11) is 0. The molecule has 0 radical (unpaired) electrons. The molecular formula is C12H14N2O. The molecule has 0 bridgehead atoms. The molecule has 1 atom stereocenters. The van der Waals surface area contributed by atoms with Gasteiger partial charge in [-0.15, -0.1) is 0 Å². The zero-order chi connectivity index (χ0) is 10.5. The molecule has 15 heavy (non-hydrogen) atoms. The predicted octanol–water partition coefficient (Wildman–Crippen LogP) is 1.79. The molecule has 0 saturated heterocycles. The number of aromatic nitrogens is 1. The quantitative estimate of drug-likeness (QED) is 0.822. The average molecular weight is 202 g/mol. The SMILES string of the molecule is NC(Cc1cccnc1)Cc1ccoc1. The van der Waals surface area contributed by atoms with Crippen molar-refractivity contribution in [3.8, 4) is 0 Å². The summed E-state index contributed by atoms with van der Waals surface area (Å²) in [4.78, 5) is 4.06. The summed E-state index contributed by atoms with van der Waals surface area (Å²) >= 11 is 0. The van der Waals surface area contributed by atoms with Gasteiger partial charge in [-0.2, -0.15) is 0 Å². The van der Waals surface area contributed by atoms with E-state index in [1.165, 1.54) is 5.56 Å². The van der Waals surface area contributed by atoms with Crippen molar-refractivity contribution in [2.75, 3.05) is 0 Å². The third-order valence-electron chi connectivity index (χ3n) is 2.30. The lowest BCUT2D eigenvalue weighted by molar-refractivity contribution is 0.559. The van der Waals surface area contributed by atoms with E-state index in [1.54, 1.807) is 18.7 Å². The smallest absolute Gasteiger partial charge is 0.0935 e. The second-order valence-corrected chi connectivity index (χ2v) is 3.66. The standard InChI is InChI=1S/C12H14N2O/c13-12(7-11-3-5-15-9-11)6-10-2-1-4-14-8-10/h1-5,8-9,12H,6-7,13H2. The Morgan fingerprint density at radius 1 is 1.27 bits per heavy atom. The monoisotopic (exact) mass is 202 g/mol. The number of nitrogens with zero attached hydrogens (tertiary/aromatic N) is 1. The number of hydrogen-bond donors (Lipinski definition) is 1. The van der Waals surface area contributed by atoms with Crippen molar-refractivity contribution in [2.24, 2.45) is 5.73 Å². The van der Waals surface area contributed by atoms with Crippen molar-refractivity contribution < 1.29 is 4.42 Å². The van der Waals surface area contributed by atoms with Crippen LogP contribution in [0.15, 0.2) is 47.5 Å². The first kappa shape index (κ1) is 9.93. The molecule has 78 valence electrons. The number of rotatable bonds is 4. The first-order valence-corrected chi connectivity index (χ1v) is 5.00. The van der Waals surface area contributed by atoms with Crippen LogP contribution in [0.4, 0.5) is 0 Å². The Bertz CT molecular complexity index is 383. The van der Waals surface area contributed by atoms with Gasteiger partial charge in [-0.1, -0.05) is 6.07 Å². The lowest BCUT2D eigenvalue weighted by Crippen LogP contribution is -2.25. The van der Waals surface area contributed by atoms with Crippen LogP contribution < -0.4 is 5.73 Å². The summed E-state index contributed by atoms with van der Waals surface area (Å²) in [6.07, 6.45) is 8.72. The zero-order valence-electron chi connectivity index (χ0n) is 8.47. The van der Waals surface area contributed by atoms with Gasteiger partial charge in [0.15, 0.2) is 0 Å². The van der Waals surface area contributed by atoms with Gasteiger partial charge in [-0.25, -0.2) is 0 Å². The van der Waals surface area contributed by atoms with Crippen LogP contribution in [0.25, 0.3) is 0 Å². The fourth-order valence-electron chi connectivity index (χ4n) is 1.61. The largest absolute Gasteiger partial charge is 0.472 e. The maximum absolute atomic E-state index is 6.03. The Kier molecular flexibility index (Phi) is 3.15. The van der Waals surface area contributed by atoms with Crippen LogP contribution in [0.5, 0.6) is 0 Å². The zero-order valence-corrected chi connectivity index (χ0v) is 8.47. The van der Waals surface area contributed by atoms with Crippen LogP contribution in [-0.2, 0) is 12.8 Å². The van der Waals surface area contributed by atoms with Gasteiger partial charge in [-0.3, -0.25) is 4.98 Å². The molecule has 1 unspecified atom stereocenters. The van der Waals surface area contributed by atoms with Crippen LogP contribution >= 0.6 is 0 Å². The molecule has 0 spiro atoms. The van der Waals surface area contributed by atoms with Crippen LogP contribution in [0, 0.1) is 0 Å². The summed E-state index contributed by atoms with van der Waals surface area (Å²) < 4.78 is 5.00. The first-order chi connectivity index (χ1) is 7.34. The summed E-state index contributed by atoms with van der Waals surface area (Å²) in [6, 6.07) is 6.04. The Morgan fingerprint density at radius 3 is 2.80 bits per heavy atom. The summed E-state index contributed by atoms with van der Waals surface area (Å²) in [6.45, 7) is 0. The predicted molar refractivity (Wildman–Crippen MR) is 58.3 cm³/mol. The van der Waals surface area contributed by atoms with Gasteiger partial charge < -0.3 is 10.2 Å². The van der Waals surface area contributed by atoms with E-state index < -0.39 is 0 Å². The van der Waals surface area contributed by atoms with E-state index in [9.17, 15) is 0 Å². The van der Waals surface area contributed by atoms with E-state index in [0.29, 0.717) is 0 Å². The van der Waals surface area contributed by atoms with Crippen LogP contribution in [-0.4, -0.2) is 11.0 Å². The maximum atomic E-state index is 6.03. The average Bonchev–Trinajstić information content (AvgIpc) is 2.71. The third-order valence-corrected chi connectivity index (χ3v) is 2.30. The van der Waals surface area contributed by atoms with Gasteiger partial charge in [0.2, 0.25) is 0 Å². The van der Waals surface area contributed by atoms with E-state index in [1.807, 2.05) is 24.4 Å². The van der Waals surface area contributed by atoms with E-state index in [4.69, 9.17) is 10.2 Å². The second-order valence-electron chi connectivity index (χ2n) is 3.66. The van der Waals surface area contributed by atoms with Crippen molar-refractivity contribution >= 4 is 0 Å².